The van der Waals surface area contributed by atoms with E-state index in [1.54, 1.807) is 30.6 Å². The van der Waals surface area contributed by atoms with Gasteiger partial charge in [0.2, 0.25) is 10.0 Å². The highest BCUT2D eigenvalue weighted by molar-refractivity contribution is 7.89. The van der Waals surface area contributed by atoms with Crippen molar-refractivity contribution in [3.63, 3.8) is 0 Å². The number of fused-ring (bicyclic) bond motifs is 1. The quantitative estimate of drug-likeness (QED) is 0.792. The minimum Gasteiger partial charge on any atom is -0.288 e. The predicted octanol–water partition coefficient (Wildman–Crippen LogP) is 1.06. The average molecular weight is 316 g/mol. The molecule has 0 radical (unpaired) electrons. The summed E-state index contributed by atoms with van der Waals surface area (Å²) in [7, 11) is -3.53. The summed E-state index contributed by atoms with van der Waals surface area (Å²) in [5.74, 6) is 0. The number of nitriles is 1. The van der Waals surface area contributed by atoms with E-state index >= 15 is 0 Å². The van der Waals surface area contributed by atoms with Gasteiger partial charge in [0.05, 0.1) is 17.5 Å². The summed E-state index contributed by atoms with van der Waals surface area (Å²) in [4.78, 5) is 6.31. The first-order chi connectivity index (χ1) is 10.6. The number of hydrogen-bond donors (Lipinski definition) is 0. The fraction of sp³-hybridized carbons (Fsp3) is 0.333. The van der Waals surface area contributed by atoms with Crippen molar-refractivity contribution in [2.45, 2.75) is 4.90 Å². The number of rotatable bonds is 3. The van der Waals surface area contributed by atoms with Crippen LogP contribution in [0.5, 0.6) is 0 Å². The summed E-state index contributed by atoms with van der Waals surface area (Å²) < 4.78 is 27.3. The summed E-state index contributed by atoms with van der Waals surface area (Å²) in [6.07, 6.45) is 3.27. The van der Waals surface area contributed by atoms with Gasteiger partial charge in [0, 0.05) is 49.3 Å². The highest BCUT2D eigenvalue weighted by Gasteiger charge is 2.29. The molecule has 0 saturated carbocycles. The molecule has 1 aromatic heterocycles. The van der Waals surface area contributed by atoms with Gasteiger partial charge in [0.15, 0.2) is 0 Å². The standard InChI is InChI=1S/C15H16N4O2S/c16-5-7-18-8-10-19(11-9-18)22(20,21)15-3-1-2-13-12-17-6-4-14(13)15/h1-4,6,12H,7-11H2. The first kappa shape index (κ1) is 14.9. The molecule has 7 heteroatoms. The maximum absolute atomic E-state index is 12.9. The van der Waals surface area contributed by atoms with Crippen LogP contribution in [0.15, 0.2) is 41.6 Å². The Kier molecular flexibility index (Phi) is 4.07. The Balaban J connectivity index is 1.92. The van der Waals surface area contributed by atoms with Gasteiger partial charge in [0.1, 0.15) is 0 Å². The van der Waals surface area contributed by atoms with E-state index < -0.39 is 10.0 Å². The van der Waals surface area contributed by atoms with Crippen LogP contribution in [0.1, 0.15) is 0 Å². The molecule has 2 heterocycles. The molecule has 1 saturated heterocycles. The molecule has 0 amide bonds. The lowest BCUT2D eigenvalue weighted by Gasteiger charge is -2.32. The summed E-state index contributed by atoms with van der Waals surface area (Å²) in [6.45, 7) is 2.32. The minimum absolute atomic E-state index is 0.320. The number of hydrogen-bond acceptors (Lipinski definition) is 5. The van der Waals surface area contributed by atoms with Gasteiger partial charge in [-0.25, -0.2) is 8.42 Å². The highest BCUT2D eigenvalue weighted by Crippen LogP contribution is 2.25. The smallest absolute Gasteiger partial charge is 0.243 e. The molecular formula is C15H16N4O2S. The van der Waals surface area contributed by atoms with Crippen LogP contribution in [0, 0.1) is 11.3 Å². The van der Waals surface area contributed by atoms with Crippen molar-refractivity contribution in [3.8, 4) is 6.07 Å². The van der Waals surface area contributed by atoms with Crippen LogP contribution >= 0.6 is 0 Å². The zero-order valence-electron chi connectivity index (χ0n) is 12.0. The Morgan fingerprint density at radius 1 is 1.18 bits per heavy atom. The molecular weight excluding hydrogens is 300 g/mol. The molecule has 0 unspecified atom stereocenters. The van der Waals surface area contributed by atoms with E-state index in [2.05, 4.69) is 11.1 Å². The second-order valence-electron chi connectivity index (χ2n) is 5.19. The summed E-state index contributed by atoms with van der Waals surface area (Å²) in [5, 5.41) is 10.2. The Hall–Kier alpha value is -2.01. The Morgan fingerprint density at radius 3 is 2.68 bits per heavy atom. The number of pyridine rings is 1. The van der Waals surface area contributed by atoms with Crippen molar-refractivity contribution in [3.05, 3.63) is 36.7 Å². The van der Waals surface area contributed by atoms with Crippen molar-refractivity contribution in [1.82, 2.24) is 14.2 Å². The first-order valence-electron chi connectivity index (χ1n) is 7.05. The van der Waals surface area contributed by atoms with Crippen molar-refractivity contribution in [2.24, 2.45) is 0 Å². The third-order valence-corrected chi connectivity index (χ3v) is 5.84. The molecule has 0 aliphatic carbocycles. The monoisotopic (exact) mass is 316 g/mol. The zero-order chi connectivity index (χ0) is 15.6. The molecule has 2 aromatic rings. The molecule has 1 aliphatic heterocycles. The Morgan fingerprint density at radius 2 is 1.95 bits per heavy atom. The molecule has 0 spiro atoms. The second kappa shape index (κ2) is 6.01. The van der Waals surface area contributed by atoms with E-state index in [0.29, 0.717) is 43.0 Å². The van der Waals surface area contributed by atoms with E-state index in [9.17, 15) is 8.42 Å². The summed E-state index contributed by atoms with van der Waals surface area (Å²) >= 11 is 0. The lowest BCUT2D eigenvalue weighted by molar-refractivity contribution is 0.206. The van der Waals surface area contributed by atoms with Crippen molar-refractivity contribution < 1.29 is 8.42 Å². The predicted molar refractivity (Wildman–Crippen MR) is 82.6 cm³/mol. The molecule has 22 heavy (non-hydrogen) atoms. The number of aromatic nitrogens is 1. The Bertz CT molecular complexity index is 816. The van der Waals surface area contributed by atoms with Crippen LogP contribution in [-0.2, 0) is 10.0 Å². The fourth-order valence-corrected chi connectivity index (χ4v) is 4.32. The molecule has 0 atom stereocenters. The molecule has 1 aromatic carbocycles. The fourth-order valence-electron chi connectivity index (χ4n) is 2.68. The number of sulfonamides is 1. The van der Waals surface area contributed by atoms with Gasteiger partial charge < -0.3 is 0 Å². The summed E-state index contributed by atoms with van der Waals surface area (Å²) in [5.41, 5.74) is 0. The van der Waals surface area contributed by atoms with Crippen LogP contribution in [-0.4, -0.2) is 55.3 Å². The van der Waals surface area contributed by atoms with Crippen LogP contribution in [0.4, 0.5) is 0 Å². The number of benzene rings is 1. The number of piperazine rings is 1. The summed E-state index contributed by atoms with van der Waals surface area (Å²) in [6, 6.07) is 9.06. The van der Waals surface area contributed by atoms with Gasteiger partial charge in [-0.1, -0.05) is 12.1 Å². The molecule has 6 nitrogen and oxygen atoms in total. The van der Waals surface area contributed by atoms with Gasteiger partial charge >= 0.3 is 0 Å². The van der Waals surface area contributed by atoms with Crippen molar-refractivity contribution in [2.75, 3.05) is 32.7 Å². The molecule has 0 N–H and O–H groups in total. The van der Waals surface area contributed by atoms with E-state index in [1.165, 1.54) is 4.31 Å². The third kappa shape index (κ3) is 2.68. The van der Waals surface area contributed by atoms with Gasteiger partial charge in [-0.2, -0.15) is 9.57 Å². The molecule has 0 bridgehead atoms. The van der Waals surface area contributed by atoms with Crippen LogP contribution in [0.2, 0.25) is 0 Å². The van der Waals surface area contributed by atoms with Gasteiger partial charge in [-0.3, -0.25) is 9.88 Å². The largest absolute Gasteiger partial charge is 0.288 e. The van der Waals surface area contributed by atoms with Crippen LogP contribution in [0.25, 0.3) is 10.8 Å². The van der Waals surface area contributed by atoms with Gasteiger partial charge in [-0.05, 0) is 12.1 Å². The molecule has 1 fully saturated rings. The van der Waals surface area contributed by atoms with E-state index in [0.717, 1.165) is 5.39 Å². The van der Waals surface area contributed by atoms with Crippen LogP contribution < -0.4 is 0 Å². The molecule has 114 valence electrons. The minimum atomic E-state index is -3.53. The molecule has 1 aliphatic rings. The normalized spacial score (nSPS) is 17.4. The molecule has 3 rings (SSSR count). The second-order valence-corrected chi connectivity index (χ2v) is 7.10. The van der Waals surface area contributed by atoms with E-state index in [1.807, 2.05) is 11.0 Å². The van der Waals surface area contributed by atoms with Crippen LogP contribution in [0.3, 0.4) is 0 Å². The van der Waals surface area contributed by atoms with Gasteiger partial charge in [0.25, 0.3) is 0 Å². The maximum atomic E-state index is 12.9. The topological polar surface area (TPSA) is 77.3 Å². The zero-order valence-corrected chi connectivity index (χ0v) is 12.8. The number of nitrogens with zero attached hydrogens (tertiary/aromatic N) is 4. The van der Waals surface area contributed by atoms with E-state index in [-0.39, 0.29) is 0 Å². The maximum Gasteiger partial charge on any atom is 0.243 e. The third-order valence-electron chi connectivity index (χ3n) is 3.88. The lowest BCUT2D eigenvalue weighted by Crippen LogP contribution is -2.48. The van der Waals surface area contributed by atoms with Gasteiger partial charge in [-0.15, -0.1) is 0 Å². The first-order valence-corrected chi connectivity index (χ1v) is 8.49. The van der Waals surface area contributed by atoms with Crippen molar-refractivity contribution >= 4 is 20.8 Å². The highest BCUT2D eigenvalue weighted by atomic mass is 32.2. The van der Waals surface area contributed by atoms with Crippen molar-refractivity contribution in [1.29, 1.82) is 5.26 Å². The SMILES string of the molecule is N#CCN1CCN(S(=O)(=O)c2cccc3cnccc23)CC1. The Labute approximate surface area is 129 Å². The average Bonchev–Trinajstić information content (AvgIpc) is 2.55. The van der Waals surface area contributed by atoms with E-state index in [4.69, 9.17) is 5.26 Å². The lowest BCUT2D eigenvalue weighted by atomic mass is 10.2.